The number of nitrogens with one attached hydrogen (secondary N) is 1. The number of morpholine rings is 1. The zero-order valence-electron chi connectivity index (χ0n) is 15.4. The number of halogens is 1. The largest absolute Gasteiger partial charge is 0.497 e. The van der Waals surface area contributed by atoms with Gasteiger partial charge in [0.15, 0.2) is 5.96 Å². The van der Waals surface area contributed by atoms with Crippen molar-refractivity contribution in [2.45, 2.75) is 6.04 Å². The zero-order chi connectivity index (χ0) is 19.1. The van der Waals surface area contributed by atoms with E-state index in [9.17, 15) is 0 Å². The van der Waals surface area contributed by atoms with Gasteiger partial charge in [-0.1, -0.05) is 29.8 Å². The van der Waals surface area contributed by atoms with Crippen molar-refractivity contribution in [2.24, 2.45) is 10.7 Å². The second-order valence-electron chi connectivity index (χ2n) is 6.30. The van der Waals surface area contributed by atoms with E-state index in [1.165, 1.54) is 0 Å². The molecule has 2 aromatic rings. The lowest BCUT2D eigenvalue weighted by Crippen LogP contribution is -2.40. The minimum Gasteiger partial charge on any atom is -0.497 e. The van der Waals surface area contributed by atoms with Gasteiger partial charge in [-0.25, -0.2) is 0 Å². The van der Waals surface area contributed by atoms with Gasteiger partial charge in [0, 0.05) is 29.9 Å². The van der Waals surface area contributed by atoms with Crippen molar-refractivity contribution in [1.82, 2.24) is 4.90 Å². The van der Waals surface area contributed by atoms with Crippen LogP contribution in [0.15, 0.2) is 53.5 Å². The molecule has 1 aliphatic heterocycles. The summed E-state index contributed by atoms with van der Waals surface area (Å²) in [6, 6.07) is 15.6. The first-order valence-electron chi connectivity index (χ1n) is 8.94. The minimum absolute atomic E-state index is 0.0956. The fraction of sp³-hybridized carbons (Fsp3) is 0.350. The van der Waals surface area contributed by atoms with Crippen LogP contribution in [0.2, 0.25) is 5.02 Å². The third kappa shape index (κ3) is 5.60. The number of guanidine groups is 1. The smallest absolute Gasteiger partial charge is 0.193 e. The summed E-state index contributed by atoms with van der Waals surface area (Å²) in [5, 5.41) is 3.84. The normalized spacial score (nSPS) is 16.7. The molecule has 3 rings (SSSR count). The van der Waals surface area contributed by atoms with Gasteiger partial charge in [0.05, 0.1) is 32.9 Å². The third-order valence-corrected chi connectivity index (χ3v) is 4.73. The second-order valence-corrected chi connectivity index (χ2v) is 6.74. The van der Waals surface area contributed by atoms with Crippen molar-refractivity contribution >= 4 is 23.2 Å². The Kier molecular flexibility index (Phi) is 6.92. The molecule has 7 heteroatoms. The summed E-state index contributed by atoms with van der Waals surface area (Å²) in [6.07, 6.45) is 0. The summed E-state index contributed by atoms with van der Waals surface area (Å²) in [5.74, 6) is 1.13. The van der Waals surface area contributed by atoms with Crippen LogP contribution in [0.1, 0.15) is 11.6 Å². The van der Waals surface area contributed by atoms with Gasteiger partial charge in [0.2, 0.25) is 0 Å². The molecule has 144 valence electrons. The summed E-state index contributed by atoms with van der Waals surface area (Å²) in [6.45, 7) is 3.69. The Morgan fingerprint density at radius 3 is 2.78 bits per heavy atom. The predicted molar refractivity (Wildman–Crippen MR) is 110 cm³/mol. The molecule has 0 aliphatic carbocycles. The fourth-order valence-electron chi connectivity index (χ4n) is 3.11. The lowest BCUT2D eigenvalue weighted by Gasteiger charge is -2.34. The Bertz CT molecular complexity index is 778. The Labute approximate surface area is 164 Å². The summed E-state index contributed by atoms with van der Waals surface area (Å²) in [7, 11) is 1.63. The monoisotopic (exact) mass is 388 g/mol. The van der Waals surface area contributed by atoms with Gasteiger partial charge in [-0.15, -0.1) is 0 Å². The van der Waals surface area contributed by atoms with E-state index in [4.69, 9.17) is 26.8 Å². The maximum absolute atomic E-state index is 6.20. The molecule has 0 saturated carbocycles. The van der Waals surface area contributed by atoms with E-state index in [0.717, 1.165) is 48.3 Å². The molecule has 3 N–H and O–H groups in total. The molecule has 1 heterocycles. The van der Waals surface area contributed by atoms with E-state index in [-0.39, 0.29) is 6.04 Å². The molecule has 0 radical (unpaired) electrons. The Morgan fingerprint density at radius 2 is 2.04 bits per heavy atom. The number of ether oxygens (including phenoxy) is 2. The molecule has 1 saturated heterocycles. The zero-order valence-corrected chi connectivity index (χ0v) is 16.2. The van der Waals surface area contributed by atoms with E-state index < -0.39 is 0 Å². The van der Waals surface area contributed by atoms with E-state index in [2.05, 4.69) is 21.3 Å². The standard InChI is InChI=1S/C20H25ClN4O2/c1-26-18-7-3-6-17(13-18)24-20(22)23-14-19(25-8-10-27-11-9-25)15-4-2-5-16(21)12-15/h2-7,12-13,19H,8-11,14H2,1H3,(H3,22,23,24). The van der Waals surface area contributed by atoms with Crippen molar-refractivity contribution < 1.29 is 9.47 Å². The lowest BCUT2D eigenvalue weighted by atomic mass is 10.0. The maximum Gasteiger partial charge on any atom is 0.193 e. The van der Waals surface area contributed by atoms with Gasteiger partial charge in [-0.3, -0.25) is 9.89 Å². The van der Waals surface area contributed by atoms with Crippen LogP contribution in [-0.4, -0.2) is 50.8 Å². The molecule has 0 spiro atoms. The number of benzene rings is 2. The van der Waals surface area contributed by atoms with Crippen molar-refractivity contribution in [2.75, 3.05) is 45.3 Å². The Morgan fingerprint density at radius 1 is 1.26 bits per heavy atom. The topological polar surface area (TPSA) is 72.1 Å². The number of nitrogens with zero attached hydrogens (tertiary/aromatic N) is 2. The van der Waals surface area contributed by atoms with E-state index in [1.54, 1.807) is 7.11 Å². The van der Waals surface area contributed by atoms with Crippen molar-refractivity contribution in [3.05, 3.63) is 59.1 Å². The molecule has 1 unspecified atom stereocenters. The van der Waals surface area contributed by atoms with Gasteiger partial charge >= 0.3 is 0 Å². The summed E-state index contributed by atoms with van der Waals surface area (Å²) in [5.41, 5.74) is 8.07. The average molecular weight is 389 g/mol. The van der Waals surface area contributed by atoms with E-state index in [1.807, 2.05) is 42.5 Å². The number of methoxy groups -OCH3 is 1. The van der Waals surface area contributed by atoms with E-state index >= 15 is 0 Å². The number of anilines is 1. The Hall–Kier alpha value is -2.28. The molecular formula is C20H25ClN4O2. The molecule has 0 bridgehead atoms. The molecule has 0 aromatic heterocycles. The molecule has 2 aromatic carbocycles. The van der Waals surface area contributed by atoms with Crippen LogP contribution >= 0.6 is 11.6 Å². The second kappa shape index (κ2) is 9.60. The number of aliphatic imine (C=N–C) groups is 1. The summed E-state index contributed by atoms with van der Waals surface area (Å²) < 4.78 is 10.7. The fourth-order valence-corrected chi connectivity index (χ4v) is 3.31. The third-order valence-electron chi connectivity index (χ3n) is 4.50. The van der Waals surface area contributed by atoms with Crippen molar-refractivity contribution in [3.63, 3.8) is 0 Å². The van der Waals surface area contributed by atoms with Crippen molar-refractivity contribution in [1.29, 1.82) is 0 Å². The number of nitrogens with two attached hydrogens (primary N) is 1. The van der Waals surface area contributed by atoms with Gasteiger partial charge < -0.3 is 20.5 Å². The molecular weight excluding hydrogens is 364 g/mol. The van der Waals surface area contributed by atoms with Crippen LogP contribution in [0.3, 0.4) is 0 Å². The first-order chi connectivity index (χ1) is 13.2. The minimum atomic E-state index is 0.0956. The molecule has 27 heavy (non-hydrogen) atoms. The van der Waals surface area contributed by atoms with Gasteiger partial charge in [0.1, 0.15) is 5.75 Å². The van der Waals surface area contributed by atoms with Gasteiger partial charge in [0.25, 0.3) is 0 Å². The number of hydrogen-bond donors (Lipinski definition) is 2. The highest BCUT2D eigenvalue weighted by Gasteiger charge is 2.22. The Balaban J connectivity index is 1.73. The molecule has 6 nitrogen and oxygen atoms in total. The molecule has 1 atom stereocenters. The van der Waals surface area contributed by atoms with Gasteiger partial charge in [-0.05, 0) is 29.8 Å². The van der Waals surface area contributed by atoms with Crippen LogP contribution < -0.4 is 15.8 Å². The number of hydrogen-bond acceptors (Lipinski definition) is 4. The van der Waals surface area contributed by atoms with E-state index in [0.29, 0.717) is 12.5 Å². The van der Waals surface area contributed by atoms with Gasteiger partial charge in [-0.2, -0.15) is 0 Å². The molecule has 1 aliphatic rings. The molecule has 0 amide bonds. The first-order valence-corrected chi connectivity index (χ1v) is 9.32. The highest BCUT2D eigenvalue weighted by atomic mass is 35.5. The maximum atomic E-state index is 6.20. The van der Waals surface area contributed by atoms with Crippen LogP contribution in [0.25, 0.3) is 0 Å². The highest BCUT2D eigenvalue weighted by molar-refractivity contribution is 6.30. The molecule has 1 fully saturated rings. The van der Waals surface area contributed by atoms with Crippen LogP contribution in [0.5, 0.6) is 5.75 Å². The summed E-state index contributed by atoms with van der Waals surface area (Å²) in [4.78, 5) is 6.93. The number of rotatable bonds is 6. The van der Waals surface area contributed by atoms with Crippen molar-refractivity contribution in [3.8, 4) is 5.75 Å². The van der Waals surface area contributed by atoms with Crippen LogP contribution in [0, 0.1) is 0 Å². The quantitative estimate of drug-likeness (QED) is 0.587. The SMILES string of the molecule is COc1cccc(NC(N)=NCC(c2cccc(Cl)c2)N2CCOCC2)c1. The first kappa shape index (κ1) is 19.5. The highest BCUT2D eigenvalue weighted by Crippen LogP contribution is 2.25. The van der Waals surface area contributed by atoms with Crippen LogP contribution in [0.4, 0.5) is 5.69 Å². The average Bonchev–Trinajstić information content (AvgIpc) is 2.69. The predicted octanol–water partition coefficient (Wildman–Crippen LogP) is 3.15. The van der Waals surface area contributed by atoms with Crippen LogP contribution in [-0.2, 0) is 4.74 Å². The lowest BCUT2D eigenvalue weighted by molar-refractivity contribution is 0.0180. The summed E-state index contributed by atoms with van der Waals surface area (Å²) >= 11 is 6.20.